The van der Waals surface area contributed by atoms with Crippen LogP contribution in [0.15, 0.2) is 127 Å². The Morgan fingerprint density at radius 3 is 1.90 bits per heavy atom. The van der Waals surface area contributed by atoms with E-state index in [4.69, 9.17) is 0 Å². The van der Waals surface area contributed by atoms with Crippen LogP contribution < -0.4 is 0 Å². The molecule has 9 aromatic rings. The molecule has 0 aliphatic rings. The molecule has 0 atom stereocenters. The second kappa shape index (κ2) is 7.60. The van der Waals surface area contributed by atoms with E-state index in [2.05, 4.69) is 144 Å². The van der Waals surface area contributed by atoms with Crippen LogP contribution in [-0.2, 0) is 0 Å². The van der Waals surface area contributed by atoms with E-state index in [0.717, 1.165) is 0 Å². The van der Waals surface area contributed by atoms with Crippen molar-refractivity contribution in [3.63, 3.8) is 0 Å². The van der Waals surface area contributed by atoms with E-state index in [1.165, 1.54) is 81.4 Å². The maximum Gasteiger partial charge on any atom is 0.0626 e. The van der Waals surface area contributed by atoms with Crippen LogP contribution in [0.1, 0.15) is 0 Å². The van der Waals surface area contributed by atoms with Crippen molar-refractivity contribution >= 4 is 75.7 Å². The number of benzene rings is 7. The Balaban J connectivity index is 1.63. The standard InChI is InChI=1S/C38H21N/c1-4-14-27-24(11-1)21-22-31-29-16-6-8-18-32(29)38-37(36(27)31)33-19-9-10-20-34(33)39(38)35-23-25-12-2-3-13-26(25)28-15-5-7-17-30(28)35/h1,4-23H. The lowest BCUT2D eigenvalue weighted by molar-refractivity contribution is 1.21. The van der Waals surface area contributed by atoms with E-state index in [1.54, 1.807) is 0 Å². The second-order valence-corrected chi connectivity index (χ2v) is 10.4. The van der Waals surface area contributed by atoms with Gasteiger partial charge in [0.1, 0.15) is 0 Å². The summed E-state index contributed by atoms with van der Waals surface area (Å²) in [7, 11) is 0. The van der Waals surface area contributed by atoms with Crippen LogP contribution in [0.5, 0.6) is 0 Å². The highest BCUT2D eigenvalue weighted by atomic mass is 15.0. The molecular weight excluding hydrogens is 470 g/mol. The van der Waals surface area contributed by atoms with Gasteiger partial charge in [-0.25, -0.2) is 0 Å². The van der Waals surface area contributed by atoms with Crippen LogP contribution in [0.25, 0.3) is 81.4 Å². The maximum atomic E-state index is 3.19. The smallest absolute Gasteiger partial charge is 0.0626 e. The number of hydrogen-bond donors (Lipinski definition) is 0. The molecule has 1 nitrogen and oxygen atoms in total. The maximum absolute atomic E-state index is 3.19. The molecule has 9 rings (SSSR count). The molecule has 0 saturated carbocycles. The van der Waals surface area contributed by atoms with E-state index in [0.29, 0.717) is 0 Å². The molecule has 178 valence electrons. The fourth-order valence-corrected chi connectivity index (χ4v) is 6.79. The fraction of sp³-hybridized carbons (Fsp3) is 0. The monoisotopic (exact) mass is 491 g/mol. The van der Waals surface area contributed by atoms with Crippen molar-refractivity contribution in [3.05, 3.63) is 140 Å². The summed E-state index contributed by atoms with van der Waals surface area (Å²) in [5.74, 6) is 0. The summed E-state index contributed by atoms with van der Waals surface area (Å²) in [5.41, 5.74) is 3.66. The first kappa shape index (κ1) is 20.7. The Kier molecular flexibility index (Phi) is 4.04. The quantitative estimate of drug-likeness (QED) is 0.201. The molecule has 0 radical (unpaired) electrons. The number of nitrogens with zero attached hydrogens (tertiary/aromatic N) is 1. The van der Waals surface area contributed by atoms with Crippen molar-refractivity contribution in [2.24, 2.45) is 0 Å². The van der Waals surface area contributed by atoms with Crippen molar-refractivity contribution in [3.8, 4) is 5.69 Å². The molecule has 1 aromatic heterocycles. The van der Waals surface area contributed by atoms with Crippen LogP contribution in [-0.4, -0.2) is 4.57 Å². The molecule has 0 aliphatic carbocycles. The lowest BCUT2D eigenvalue weighted by atomic mass is 9.93. The minimum atomic E-state index is 1.17. The van der Waals surface area contributed by atoms with Crippen LogP contribution in [0, 0.1) is 12.1 Å². The average molecular weight is 492 g/mol. The zero-order valence-electron chi connectivity index (χ0n) is 21.1. The number of aromatic nitrogens is 1. The minimum absolute atomic E-state index is 1.17. The Labute approximate surface area is 225 Å². The lowest BCUT2D eigenvalue weighted by Gasteiger charge is -2.16. The summed E-state index contributed by atoms with van der Waals surface area (Å²) in [6.07, 6.45) is 0. The van der Waals surface area contributed by atoms with Gasteiger partial charge >= 0.3 is 0 Å². The van der Waals surface area contributed by atoms with Gasteiger partial charge in [-0.1, -0.05) is 115 Å². The van der Waals surface area contributed by atoms with Gasteiger partial charge in [0.25, 0.3) is 0 Å². The molecule has 0 aliphatic heterocycles. The van der Waals surface area contributed by atoms with E-state index in [9.17, 15) is 0 Å². The molecule has 0 saturated heterocycles. The molecular formula is C38H21N. The first-order chi connectivity index (χ1) is 19.4. The summed E-state index contributed by atoms with van der Waals surface area (Å²) in [6.45, 7) is 0. The van der Waals surface area contributed by atoms with E-state index < -0.39 is 0 Å². The van der Waals surface area contributed by atoms with E-state index >= 15 is 0 Å². The Hall–Kier alpha value is -5.32. The topological polar surface area (TPSA) is 4.93 Å². The Bertz CT molecular complexity index is 2440. The van der Waals surface area contributed by atoms with Crippen molar-refractivity contribution < 1.29 is 0 Å². The van der Waals surface area contributed by atoms with Crippen LogP contribution in [0.2, 0.25) is 0 Å². The van der Waals surface area contributed by atoms with Crippen LogP contribution >= 0.6 is 0 Å². The summed E-state index contributed by atoms with van der Waals surface area (Å²) in [5, 5.41) is 15.2. The Morgan fingerprint density at radius 1 is 0.410 bits per heavy atom. The van der Waals surface area contributed by atoms with Crippen molar-refractivity contribution in [1.82, 2.24) is 4.57 Å². The zero-order valence-corrected chi connectivity index (χ0v) is 21.1. The Morgan fingerprint density at radius 2 is 1.05 bits per heavy atom. The van der Waals surface area contributed by atoms with Gasteiger partial charge < -0.3 is 4.57 Å². The van der Waals surface area contributed by atoms with Gasteiger partial charge in [0.05, 0.1) is 16.7 Å². The highest BCUT2D eigenvalue weighted by molar-refractivity contribution is 6.37. The molecule has 0 bridgehead atoms. The van der Waals surface area contributed by atoms with Gasteiger partial charge in [-0.15, -0.1) is 0 Å². The number of fused-ring (bicyclic) bond motifs is 13. The predicted molar refractivity (Wildman–Crippen MR) is 166 cm³/mol. The van der Waals surface area contributed by atoms with E-state index in [-0.39, 0.29) is 0 Å². The van der Waals surface area contributed by atoms with Crippen molar-refractivity contribution in [2.75, 3.05) is 0 Å². The first-order valence-corrected chi connectivity index (χ1v) is 13.4. The van der Waals surface area contributed by atoms with Gasteiger partial charge in [0.15, 0.2) is 0 Å². The highest BCUT2D eigenvalue weighted by Gasteiger charge is 2.21. The molecule has 39 heavy (non-hydrogen) atoms. The molecule has 1 heterocycles. The van der Waals surface area contributed by atoms with Crippen LogP contribution in [0.3, 0.4) is 0 Å². The number of hydrogen-bond acceptors (Lipinski definition) is 0. The first-order valence-electron chi connectivity index (χ1n) is 13.4. The summed E-state index contributed by atoms with van der Waals surface area (Å²) in [4.78, 5) is 0. The van der Waals surface area contributed by atoms with Crippen LogP contribution in [0.4, 0.5) is 0 Å². The molecule has 0 N–H and O–H groups in total. The van der Waals surface area contributed by atoms with Gasteiger partial charge in [0, 0.05) is 26.9 Å². The van der Waals surface area contributed by atoms with Crippen molar-refractivity contribution in [2.45, 2.75) is 0 Å². The largest absolute Gasteiger partial charge is 0.308 e. The fourth-order valence-electron chi connectivity index (χ4n) is 6.79. The number of rotatable bonds is 1. The van der Waals surface area contributed by atoms with Gasteiger partial charge in [0.2, 0.25) is 0 Å². The molecule has 1 heteroatoms. The molecule has 0 fully saturated rings. The van der Waals surface area contributed by atoms with Crippen molar-refractivity contribution in [1.29, 1.82) is 0 Å². The SMILES string of the molecule is c1cc2cc(-n3c4ccccc4c4c5c6ccccc6ccc5c5ccccc5c43)c3ccccc3c2cc#1. The molecule has 8 aromatic carbocycles. The summed E-state index contributed by atoms with van der Waals surface area (Å²) < 4.78 is 2.51. The second-order valence-electron chi connectivity index (χ2n) is 10.4. The average Bonchev–Trinajstić information content (AvgIpc) is 3.36. The van der Waals surface area contributed by atoms with Gasteiger partial charge in [-0.3, -0.25) is 0 Å². The predicted octanol–water partition coefficient (Wildman–Crippen LogP) is 10.2. The zero-order chi connectivity index (χ0) is 25.5. The summed E-state index contributed by atoms with van der Waals surface area (Å²) in [6, 6.07) is 52.7. The molecule has 0 amide bonds. The minimum Gasteiger partial charge on any atom is -0.308 e. The van der Waals surface area contributed by atoms with E-state index in [1.807, 2.05) is 0 Å². The lowest BCUT2D eigenvalue weighted by Crippen LogP contribution is -1.97. The third-order valence-electron chi connectivity index (χ3n) is 8.39. The third kappa shape index (κ3) is 2.70. The summed E-state index contributed by atoms with van der Waals surface area (Å²) >= 11 is 0. The molecule has 0 spiro atoms. The number of para-hydroxylation sites is 1. The highest BCUT2D eigenvalue weighted by Crippen LogP contribution is 2.45. The molecule has 0 unspecified atom stereocenters. The van der Waals surface area contributed by atoms with Gasteiger partial charge in [-0.05, 0) is 62.0 Å². The third-order valence-corrected chi connectivity index (χ3v) is 8.39. The normalized spacial score (nSPS) is 11.9. The van der Waals surface area contributed by atoms with Gasteiger partial charge in [-0.2, -0.15) is 0 Å².